The van der Waals surface area contributed by atoms with Crippen LogP contribution >= 0.6 is 0 Å². The number of ether oxygens (including phenoxy) is 2. The summed E-state index contributed by atoms with van der Waals surface area (Å²) in [5.74, 6) is 3.56. The molecule has 46 heavy (non-hydrogen) atoms. The van der Waals surface area contributed by atoms with E-state index in [0.29, 0.717) is 0 Å². The van der Waals surface area contributed by atoms with Crippen molar-refractivity contribution < 1.29 is 9.47 Å². The van der Waals surface area contributed by atoms with Crippen molar-refractivity contribution in [3.63, 3.8) is 0 Å². The normalized spacial score (nSPS) is 14.6. The summed E-state index contributed by atoms with van der Waals surface area (Å²) in [4.78, 5) is 0. The lowest BCUT2D eigenvalue weighted by Crippen LogP contribution is -2.57. The molecule has 0 saturated heterocycles. The van der Waals surface area contributed by atoms with Gasteiger partial charge in [0.05, 0.1) is 5.41 Å². The molecule has 2 nitrogen and oxygen atoms in total. The highest BCUT2D eigenvalue weighted by atomic mass is 16.5. The highest BCUT2D eigenvalue weighted by molar-refractivity contribution is 6.98. The second-order valence-electron chi connectivity index (χ2n) is 12.7. The fourth-order valence-electron chi connectivity index (χ4n) is 8.89. The van der Waals surface area contributed by atoms with Gasteiger partial charge in [0.1, 0.15) is 23.0 Å². The Balaban J connectivity index is 1.17. The molecule has 0 bridgehead atoms. The Bertz CT molecular complexity index is 2390. The molecule has 0 saturated carbocycles. The van der Waals surface area contributed by atoms with Gasteiger partial charge in [0.15, 0.2) is 0 Å². The Morgan fingerprint density at radius 2 is 0.913 bits per heavy atom. The van der Waals surface area contributed by atoms with E-state index in [1.807, 2.05) is 12.1 Å². The molecule has 7 aromatic carbocycles. The number of hydrogen-bond acceptors (Lipinski definition) is 2. The molecule has 1 spiro atoms. The average molecular weight is 584 g/mol. The van der Waals surface area contributed by atoms with Gasteiger partial charge in [-0.1, -0.05) is 127 Å². The number of rotatable bonds is 1. The van der Waals surface area contributed by atoms with E-state index in [0.717, 1.165) is 39.6 Å². The molecule has 0 fully saturated rings. The third kappa shape index (κ3) is 2.89. The largest absolute Gasteiger partial charge is 0.458 e. The van der Waals surface area contributed by atoms with E-state index in [-0.39, 0.29) is 12.1 Å². The minimum atomic E-state index is -0.383. The zero-order valence-corrected chi connectivity index (χ0v) is 24.8. The summed E-state index contributed by atoms with van der Waals surface area (Å²) >= 11 is 0. The van der Waals surface area contributed by atoms with Crippen molar-refractivity contribution in [1.29, 1.82) is 0 Å². The highest BCUT2D eigenvalue weighted by Crippen LogP contribution is 2.63. The first kappa shape index (κ1) is 24.5. The van der Waals surface area contributed by atoms with Gasteiger partial charge in [-0.2, -0.15) is 0 Å². The topological polar surface area (TPSA) is 18.5 Å². The third-order valence-corrected chi connectivity index (χ3v) is 10.6. The van der Waals surface area contributed by atoms with Crippen LogP contribution in [0.4, 0.5) is 0 Å². The molecule has 4 aliphatic rings. The van der Waals surface area contributed by atoms with Crippen molar-refractivity contribution in [1.82, 2.24) is 0 Å². The minimum Gasteiger partial charge on any atom is -0.458 e. The fraction of sp³-hybridized carbons (Fsp3) is 0.0233. The maximum atomic E-state index is 6.86. The zero-order valence-electron chi connectivity index (χ0n) is 24.8. The summed E-state index contributed by atoms with van der Waals surface area (Å²) in [5.41, 5.74) is 16.0. The second kappa shape index (κ2) is 8.68. The van der Waals surface area contributed by atoms with E-state index in [9.17, 15) is 0 Å². The van der Waals surface area contributed by atoms with Crippen LogP contribution in [0.15, 0.2) is 152 Å². The predicted molar refractivity (Wildman–Crippen MR) is 186 cm³/mol. The van der Waals surface area contributed by atoms with Crippen LogP contribution in [0.1, 0.15) is 22.3 Å². The fourth-order valence-corrected chi connectivity index (χ4v) is 8.89. The summed E-state index contributed by atoms with van der Waals surface area (Å²) in [7, 11) is 0. The van der Waals surface area contributed by atoms with E-state index in [2.05, 4.69) is 140 Å². The van der Waals surface area contributed by atoms with Crippen LogP contribution in [0.3, 0.4) is 0 Å². The molecule has 0 N–H and O–H groups in total. The minimum absolute atomic E-state index is 0.0402. The monoisotopic (exact) mass is 584 g/mol. The number of fused-ring (bicyclic) bond motifs is 14. The van der Waals surface area contributed by atoms with Gasteiger partial charge in [-0.25, -0.2) is 0 Å². The SMILES string of the molecule is c1ccc2c(c1)Oc1cccc3c1B2c1cccc(-c2ccc4c(c2)C2(c5ccccc5-c5ccccc52)c2ccccc2-4)c1O3. The van der Waals surface area contributed by atoms with Crippen molar-refractivity contribution in [2.75, 3.05) is 0 Å². The number of benzene rings is 7. The highest BCUT2D eigenvalue weighted by Gasteiger charge is 2.51. The van der Waals surface area contributed by atoms with E-state index in [1.165, 1.54) is 55.4 Å². The van der Waals surface area contributed by atoms with Crippen LogP contribution in [0.5, 0.6) is 23.0 Å². The molecule has 0 unspecified atom stereocenters. The van der Waals surface area contributed by atoms with E-state index in [4.69, 9.17) is 9.47 Å². The Morgan fingerprint density at radius 1 is 0.391 bits per heavy atom. The first-order valence-corrected chi connectivity index (χ1v) is 16.0. The van der Waals surface area contributed by atoms with E-state index in [1.54, 1.807) is 0 Å². The molecule has 11 rings (SSSR count). The molecule has 2 heterocycles. The van der Waals surface area contributed by atoms with Crippen molar-refractivity contribution in [3.05, 3.63) is 174 Å². The quantitative estimate of drug-likeness (QED) is 0.180. The summed E-state index contributed by atoms with van der Waals surface area (Å²) in [5, 5.41) is 0. The molecule has 2 aliphatic carbocycles. The summed E-state index contributed by atoms with van der Waals surface area (Å²) in [6, 6.07) is 55.1. The number of hydrogen-bond donors (Lipinski definition) is 0. The van der Waals surface area contributed by atoms with Crippen molar-refractivity contribution in [2.24, 2.45) is 0 Å². The average Bonchev–Trinajstić information content (AvgIpc) is 3.58. The van der Waals surface area contributed by atoms with E-state index >= 15 is 0 Å². The van der Waals surface area contributed by atoms with Crippen LogP contribution in [0.25, 0.3) is 33.4 Å². The Labute approximate surface area is 267 Å². The summed E-state index contributed by atoms with van der Waals surface area (Å²) in [6.45, 7) is 0.0402. The van der Waals surface area contributed by atoms with Gasteiger partial charge in [0.25, 0.3) is 6.71 Å². The molecule has 212 valence electrons. The van der Waals surface area contributed by atoms with Gasteiger partial charge in [-0.15, -0.1) is 0 Å². The van der Waals surface area contributed by atoms with Gasteiger partial charge in [0, 0.05) is 11.0 Å². The zero-order chi connectivity index (χ0) is 30.0. The van der Waals surface area contributed by atoms with Gasteiger partial charge >= 0.3 is 0 Å². The van der Waals surface area contributed by atoms with Crippen molar-refractivity contribution >= 4 is 23.1 Å². The molecule has 0 radical (unpaired) electrons. The molecular formula is C43H25BO2. The summed E-state index contributed by atoms with van der Waals surface area (Å²) in [6.07, 6.45) is 0. The van der Waals surface area contributed by atoms with Crippen LogP contribution < -0.4 is 25.9 Å². The van der Waals surface area contributed by atoms with Gasteiger partial charge < -0.3 is 9.47 Å². The van der Waals surface area contributed by atoms with E-state index < -0.39 is 0 Å². The van der Waals surface area contributed by atoms with Gasteiger partial charge in [-0.05, 0) is 85.3 Å². The van der Waals surface area contributed by atoms with Crippen LogP contribution in [-0.4, -0.2) is 6.71 Å². The lowest BCUT2D eigenvalue weighted by Gasteiger charge is -2.34. The predicted octanol–water partition coefficient (Wildman–Crippen LogP) is 8.42. The lowest BCUT2D eigenvalue weighted by atomic mass is 9.34. The molecule has 7 aromatic rings. The third-order valence-electron chi connectivity index (χ3n) is 10.6. The molecule has 0 atom stereocenters. The Kier molecular flexibility index (Phi) is 4.63. The first-order valence-electron chi connectivity index (χ1n) is 16.0. The molecule has 0 aromatic heterocycles. The molecule has 0 amide bonds. The lowest BCUT2D eigenvalue weighted by molar-refractivity contribution is 0.465. The Morgan fingerprint density at radius 3 is 1.63 bits per heavy atom. The maximum Gasteiger partial charge on any atom is 0.260 e. The second-order valence-corrected chi connectivity index (χ2v) is 12.7. The molecular weight excluding hydrogens is 559 g/mol. The van der Waals surface area contributed by atoms with Crippen LogP contribution in [-0.2, 0) is 5.41 Å². The maximum absolute atomic E-state index is 6.86. The molecule has 3 heteroatoms. The summed E-state index contributed by atoms with van der Waals surface area (Å²) < 4.78 is 13.2. The Hall–Kier alpha value is -5.80. The van der Waals surface area contributed by atoms with Gasteiger partial charge in [-0.3, -0.25) is 0 Å². The smallest absolute Gasteiger partial charge is 0.260 e. The van der Waals surface area contributed by atoms with Gasteiger partial charge in [0.2, 0.25) is 0 Å². The first-order chi connectivity index (χ1) is 22.8. The van der Waals surface area contributed by atoms with Crippen LogP contribution in [0.2, 0.25) is 0 Å². The molecule has 2 aliphatic heterocycles. The standard InChI is InChI=1S/C43H25BO2/c1-4-15-32-28(11-1)29-12-2-5-16-33(29)43(32)34-17-6-3-13-30(34)31-24-23-26(25-35(31)43)27-14-9-19-37-42(27)46-40-22-10-21-39-41(40)44(37)36-18-7-8-20-38(36)45-39/h1-25H. The van der Waals surface area contributed by atoms with Crippen LogP contribution in [0, 0.1) is 0 Å². The number of para-hydroxylation sites is 2. The van der Waals surface area contributed by atoms with Crippen molar-refractivity contribution in [2.45, 2.75) is 5.41 Å². The van der Waals surface area contributed by atoms with Crippen molar-refractivity contribution in [3.8, 4) is 56.4 Å².